The number of carbonyl (C=O) groups excluding carboxylic acids is 1. The van der Waals surface area contributed by atoms with Crippen LogP contribution in [0.15, 0.2) is 39.3 Å². The monoisotopic (exact) mass is 485 g/mol. The molecule has 0 aliphatic carbocycles. The minimum atomic E-state index is -1.40. The first-order chi connectivity index (χ1) is 12.2. The molecule has 2 aromatic rings. The number of Topliss-reactive ketones (excluding diaryl/α,β-unsaturated/α-hetero) is 1. The molecule has 0 bridgehead atoms. The summed E-state index contributed by atoms with van der Waals surface area (Å²) in [5, 5.41) is 8.76. The van der Waals surface area contributed by atoms with Crippen molar-refractivity contribution in [3.63, 3.8) is 0 Å². The van der Waals surface area contributed by atoms with Crippen LogP contribution in [0.25, 0.3) is 0 Å². The molecule has 6 nitrogen and oxygen atoms in total. The number of hydrogen-bond donors (Lipinski definition) is 1. The molecular weight excluding hydrogens is 470 g/mol. The van der Waals surface area contributed by atoms with Crippen molar-refractivity contribution in [2.24, 2.45) is 0 Å². The van der Waals surface area contributed by atoms with Crippen LogP contribution in [-0.4, -0.2) is 29.1 Å². The van der Waals surface area contributed by atoms with Gasteiger partial charge in [0.25, 0.3) is 0 Å². The first kappa shape index (κ1) is 20.4. The fraction of sp³-hybridized carbons (Fsp3) is 0.278. The third-order valence-electron chi connectivity index (χ3n) is 3.85. The number of carbonyl (C=O) groups is 2. The number of nitrogens with zero attached hydrogens (tertiary/aromatic N) is 1. The summed E-state index contributed by atoms with van der Waals surface area (Å²) in [5.74, 6) is 0.185. The van der Waals surface area contributed by atoms with E-state index in [0.29, 0.717) is 27.2 Å². The van der Waals surface area contributed by atoms with E-state index in [9.17, 15) is 9.59 Å². The third kappa shape index (κ3) is 4.42. The molecule has 0 aliphatic heterocycles. The number of hydrogen-bond acceptors (Lipinski definition) is 5. The molecule has 0 saturated heterocycles. The highest BCUT2D eigenvalue weighted by Crippen LogP contribution is 2.34. The van der Waals surface area contributed by atoms with Gasteiger partial charge in [-0.05, 0) is 54.0 Å². The highest BCUT2D eigenvalue weighted by molar-refractivity contribution is 9.10. The summed E-state index contributed by atoms with van der Waals surface area (Å²) in [6, 6.07) is 8.50. The minimum absolute atomic E-state index is 0.213. The topological polar surface area (TPSA) is 85.7 Å². The Labute approximate surface area is 167 Å². The summed E-state index contributed by atoms with van der Waals surface area (Å²) in [7, 11) is 1.50. The predicted octanol–water partition coefficient (Wildman–Crippen LogP) is 4.97. The van der Waals surface area contributed by atoms with Crippen molar-refractivity contribution >= 4 is 43.8 Å². The molecule has 1 heterocycles. The lowest BCUT2D eigenvalue weighted by molar-refractivity contribution is 0.0824. The Bertz CT molecular complexity index is 851. The van der Waals surface area contributed by atoms with Gasteiger partial charge in [0.15, 0.2) is 5.78 Å². The van der Waals surface area contributed by atoms with Crippen molar-refractivity contribution in [3.8, 4) is 5.88 Å². The zero-order chi connectivity index (χ0) is 19.5. The molecule has 0 unspecified atom stereocenters. The van der Waals surface area contributed by atoms with E-state index in [1.165, 1.54) is 7.11 Å². The second kappa shape index (κ2) is 8.18. The summed E-state index contributed by atoms with van der Waals surface area (Å²) in [5.41, 5.74) is 0.379. The first-order valence-corrected chi connectivity index (χ1v) is 9.15. The van der Waals surface area contributed by atoms with E-state index in [2.05, 4.69) is 41.6 Å². The Kier molecular flexibility index (Phi) is 6.41. The molecule has 0 atom stereocenters. The van der Waals surface area contributed by atoms with Crippen molar-refractivity contribution in [1.82, 2.24) is 4.98 Å². The van der Waals surface area contributed by atoms with Crippen LogP contribution in [0.2, 0.25) is 0 Å². The molecule has 0 fully saturated rings. The molecule has 138 valence electrons. The third-order valence-corrected chi connectivity index (χ3v) is 4.99. The van der Waals surface area contributed by atoms with Gasteiger partial charge < -0.3 is 14.6 Å². The van der Waals surface area contributed by atoms with Crippen molar-refractivity contribution < 1.29 is 24.2 Å². The normalized spacial score (nSPS) is 11.1. The molecule has 0 saturated carbocycles. The van der Waals surface area contributed by atoms with Crippen LogP contribution < -0.4 is 4.74 Å². The number of methoxy groups -OCH3 is 1. The maximum Gasteiger partial charge on any atom is 0.506 e. The fourth-order valence-corrected chi connectivity index (χ4v) is 3.59. The van der Waals surface area contributed by atoms with Crippen LogP contribution >= 0.6 is 31.9 Å². The SMILES string of the molecule is COc1ccc(Br)c(C(C)(C)C(=O)c2ccc(Br)cc2COC(=O)O)n1. The number of ether oxygens (including phenoxy) is 2. The van der Waals surface area contributed by atoms with Crippen LogP contribution in [0.4, 0.5) is 4.79 Å². The van der Waals surface area contributed by atoms with Gasteiger partial charge in [0.05, 0.1) is 18.2 Å². The van der Waals surface area contributed by atoms with Crippen LogP contribution in [0.5, 0.6) is 5.88 Å². The van der Waals surface area contributed by atoms with Crippen molar-refractivity contribution in [2.45, 2.75) is 25.9 Å². The lowest BCUT2D eigenvalue weighted by Gasteiger charge is -2.25. The van der Waals surface area contributed by atoms with E-state index in [4.69, 9.17) is 9.84 Å². The molecule has 0 radical (unpaired) electrons. The van der Waals surface area contributed by atoms with Gasteiger partial charge in [-0.25, -0.2) is 9.78 Å². The van der Waals surface area contributed by atoms with Gasteiger partial charge >= 0.3 is 6.16 Å². The molecule has 0 aliphatic rings. The standard InChI is InChI=1S/C18H17Br2NO5/c1-18(2,15-13(20)6-7-14(21-15)25-3)16(22)12-5-4-11(19)8-10(12)9-26-17(23)24/h4-8H,9H2,1-3H3,(H,23,24). The van der Waals surface area contributed by atoms with Gasteiger partial charge in [-0.1, -0.05) is 15.9 Å². The minimum Gasteiger partial charge on any atom is -0.481 e. The number of halogens is 2. The van der Waals surface area contributed by atoms with Gasteiger partial charge in [0.2, 0.25) is 5.88 Å². The van der Waals surface area contributed by atoms with E-state index in [1.54, 1.807) is 44.2 Å². The smallest absolute Gasteiger partial charge is 0.481 e. The molecule has 1 aromatic heterocycles. The summed E-state index contributed by atoms with van der Waals surface area (Å²) in [4.78, 5) is 28.4. The number of benzene rings is 1. The lowest BCUT2D eigenvalue weighted by Crippen LogP contribution is -2.31. The van der Waals surface area contributed by atoms with Crippen molar-refractivity contribution in [2.75, 3.05) is 7.11 Å². The largest absolute Gasteiger partial charge is 0.506 e. The molecule has 26 heavy (non-hydrogen) atoms. The van der Waals surface area contributed by atoms with Gasteiger partial charge in [0.1, 0.15) is 6.61 Å². The first-order valence-electron chi connectivity index (χ1n) is 7.56. The van der Waals surface area contributed by atoms with Crippen LogP contribution in [-0.2, 0) is 16.8 Å². The Morgan fingerprint density at radius 2 is 1.88 bits per heavy atom. The lowest BCUT2D eigenvalue weighted by atomic mass is 9.79. The number of carboxylic acid groups (broad SMARTS) is 1. The molecule has 0 spiro atoms. The zero-order valence-corrected chi connectivity index (χ0v) is 17.5. The summed E-state index contributed by atoms with van der Waals surface area (Å²) < 4.78 is 11.2. The van der Waals surface area contributed by atoms with Gasteiger partial charge in [-0.3, -0.25) is 4.79 Å². The van der Waals surface area contributed by atoms with E-state index < -0.39 is 11.6 Å². The molecule has 0 amide bonds. The average Bonchev–Trinajstić information content (AvgIpc) is 2.59. The second-order valence-corrected chi connectivity index (χ2v) is 7.76. The second-order valence-electron chi connectivity index (χ2n) is 5.99. The molecular formula is C18H17Br2NO5. The summed E-state index contributed by atoms with van der Waals surface area (Å²) >= 11 is 6.76. The van der Waals surface area contributed by atoms with Crippen LogP contribution in [0, 0.1) is 0 Å². The molecule has 2 rings (SSSR count). The van der Waals surface area contributed by atoms with Crippen LogP contribution in [0.1, 0.15) is 35.5 Å². The summed E-state index contributed by atoms with van der Waals surface area (Å²) in [6.45, 7) is 3.29. The maximum atomic E-state index is 13.3. The number of aromatic nitrogens is 1. The van der Waals surface area contributed by atoms with E-state index in [1.807, 2.05) is 0 Å². The maximum absolute atomic E-state index is 13.3. The van der Waals surface area contributed by atoms with E-state index >= 15 is 0 Å². The zero-order valence-electron chi connectivity index (χ0n) is 14.4. The molecule has 1 N–H and O–H groups in total. The summed E-state index contributed by atoms with van der Waals surface area (Å²) in [6.07, 6.45) is -1.40. The highest BCUT2D eigenvalue weighted by atomic mass is 79.9. The Hall–Kier alpha value is -1.93. The van der Waals surface area contributed by atoms with E-state index in [-0.39, 0.29) is 12.4 Å². The Morgan fingerprint density at radius 1 is 1.19 bits per heavy atom. The van der Waals surface area contributed by atoms with Crippen LogP contribution in [0.3, 0.4) is 0 Å². The Balaban J connectivity index is 2.48. The van der Waals surface area contributed by atoms with Gasteiger partial charge in [-0.15, -0.1) is 0 Å². The quantitative estimate of drug-likeness (QED) is 0.458. The fourth-order valence-electron chi connectivity index (χ4n) is 2.46. The number of pyridine rings is 1. The van der Waals surface area contributed by atoms with Gasteiger partial charge in [-0.2, -0.15) is 0 Å². The molecule has 8 heteroatoms. The number of rotatable bonds is 6. The Morgan fingerprint density at radius 3 is 2.50 bits per heavy atom. The van der Waals surface area contributed by atoms with Crippen molar-refractivity contribution in [1.29, 1.82) is 0 Å². The number of ketones is 1. The van der Waals surface area contributed by atoms with Gasteiger partial charge in [0, 0.05) is 26.1 Å². The molecule has 1 aromatic carbocycles. The van der Waals surface area contributed by atoms with Crippen molar-refractivity contribution in [3.05, 3.63) is 56.1 Å². The predicted molar refractivity (Wildman–Crippen MR) is 103 cm³/mol. The van der Waals surface area contributed by atoms with E-state index in [0.717, 1.165) is 4.47 Å². The highest BCUT2D eigenvalue weighted by Gasteiger charge is 2.35. The average molecular weight is 487 g/mol.